The molecular formula is C15H18N4O2S2. The van der Waals surface area contributed by atoms with Gasteiger partial charge in [-0.3, -0.25) is 9.59 Å². The topological polar surface area (TPSA) is 84.0 Å². The summed E-state index contributed by atoms with van der Waals surface area (Å²) in [5, 5.41) is 13.5. The summed E-state index contributed by atoms with van der Waals surface area (Å²) in [6.45, 7) is 5.57. The fourth-order valence-electron chi connectivity index (χ4n) is 1.60. The van der Waals surface area contributed by atoms with E-state index in [2.05, 4.69) is 20.8 Å². The van der Waals surface area contributed by atoms with Crippen LogP contribution < -0.4 is 10.6 Å². The Labute approximate surface area is 143 Å². The van der Waals surface area contributed by atoms with Crippen molar-refractivity contribution in [1.82, 2.24) is 10.2 Å². The lowest BCUT2D eigenvalue weighted by Crippen LogP contribution is -2.22. The van der Waals surface area contributed by atoms with E-state index < -0.39 is 0 Å². The molecule has 23 heavy (non-hydrogen) atoms. The zero-order valence-electron chi connectivity index (χ0n) is 13.1. The molecule has 0 aliphatic carbocycles. The number of nitrogens with one attached hydrogen (secondary N) is 2. The van der Waals surface area contributed by atoms with Gasteiger partial charge in [0.2, 0.25) is 16.9 Å². The second-order valence-electron chi connectivity index (χ2n) is 4.89. The lowest BCUT2D eigenvalue weighted by atomic mass is 10.2. The van der Waals surface area contributed by atoms with E-state index in [1.54, 1.807) is 13.8 Å². The molecule has 0 radical (unpaired) electrons. The van der Waals surface area contributed by atoms with Crippen molar-refractivity contribution in [2.24, 2.45) is 0 Å². The highest BCUT2D eigenvalue weighted by molar-refractivity contribution is 8.02. The van der Waals surface area contributed by atoms with E-state index in [1.807, 2.05) is 31.2 Å². The summed E-state index contributed by atoms with van der Waals surface area (Å²) < 4.78 is 0.642. The maximum absolute atomic E-state index is 12.2. The molecule has 0 bridgehead atoms. The Kier molecular flexibility index (Phi) is 6.12. The molecule has 6 nitrogen and oxygen atoms in total. The van der Waals surface area contributed by atoms with Crippen LogP contribution in [0.5, 0.6) is 0 Å². The molecule has 2 amide bonds. The summed E-state index contributed by atoms with van der Waals surface area (Å²) in [6.07, 6.45) is 0.386. The minimum Gasteiger partial charge on any atom is -0.325 e. The fourth-order valence-corrected chi connectivity index (χ4v) is 3.51. The lowest BCUT2D eigenvalue weighted by Gasteiger charge is -2.10. The summed E-state index contributed by atoms with van der Waals surface area (Å²) in [5.41, 5.74) is 1.90. The van der Waals surface area contributed by atoms with Crippen molar-refractivity contribution < 1.29 is 9.59 Å². The molecule has 1 heterocycles. The van der Waals surface area contributed by atoms with Crippen LogP contribution in [0.1, 0.15) is 25.8 Å². The van der Waals surface area contributed by atoms with Crippen LogP contribution in [0.15, 0.2) is 28.6 Å². The predicted octanol–water partition coefficient (Wildman–Crippen LogP) is 3.31. The molecule has 1 unspecified atom stereocenters. The SMILES string of the molecule is CCC(=O)Nc1nnc(SC(C)C(=O)Nc2ccc(C)cc2)s1. The highest BCUT2D eigenvalue weighted by Crippen LogP contribution is 2.29. The molecule has 0 saturated heterocycles. The number of benzene rings is 1. The quantitative estimate of drug-likeness (QED) is 0.617. The number of aryl methyl sites for hydroxylation is 1. The zero-order valence-corrected chi connectivity index (χ0v) is 14.8. The van der Waals surface area contributed by atoms with Gasteiger partial charge < -0.3 is 10.6 Å². The van der Waals surface area contributed by atoms with Crippen LogP contribution in [-0.4, -0.2) is 27.3 Å². The number of hydrogen-bond acceptors (Lipinski definition) is 6. The average molecular weight is 350 g/mol. The van der Waals surface area contributed by atoms with Crippen LogP contribution in [0, 0.1) is 6.92 Å². The molecule has 0 fully saturated rings. The fraction of sp³-hybridized carbons (Fsp3) is 0.333. The van der Waals surface area contributed by atoms with Gasteiger partial charge in [-0.1, -0.05) is 47.7 Å². The molecule has 1 atom stereocenters. The van der Waals surface area contributed by atoms with Crippen molar-refractivity contribution in [3.05, 3.63) is 29.8 Å². The van der Waals surface area contributed by atoms with Gasteiger partial charge in [0.05, 0.1) is 5.25 Å². The van der Waals surface area contributed by atoms with Crippen LogP contribution in [0.4, 0.5) is 10.8 Å². The Morgan fingerprint density at radius 3 is 2.57 bits per heavy atom. The largest absolute Gasteiger partial charge is 0.325 e. The minimum absolute atomic E-state index is 0.104. The van der Waals surface area contributed by atoms with Gasteiger partial charge in [0, 0.05) is 12.1 Å². The third-order valence-electron chi connectivity index (χ3n) is 2.94. The monoisotopic (exact) mass is 350 g/mol. The number of carbonyl (C=O) groups is 2. The van der Waals surface area contributed by atoms with Gasteiger partial charge in [-0.15, -0.1) is 10.2 Å². The summed E-state index contributed by atoms with van der Waals surface area (Å²) in [4.78, 5) is 23.5. The standard InChI is InChI=1S/C15H18N4O2S2/c1-4-12(20)17-14-18-19-15(23-14)22-10(3)13(21)16-11-7-5-9(2)6-8-11/h5-8,10H,4H2,1-3H3,(H,16,21)(H,17,18,20). The molecule has 1 aromatic carbocycles. The Bertz CT molecular complexity index is 685. The summed E-state index contributed by atoms with van der Waals surface area (Å²) in [6, 6.07) is 7.63. The summed E-state index contributed by atoms with van der Waals surface area (Å²) >= 11 is 2.57. The number of thioether (sulfide) groups is 1. The second-order valence-corrected chi connectivity index (χ2v) is 7.46. The van der Waals surface area contributed by atoms with Crippen molar-refractivity contribution in [3.8, 4) is 0 Å². The van der Waals surface area contributed by atoms with Crippen molar-refractivity contribution in [2.75, 3.05) is 10.6 Å². The molecule has 1 aromatic heterocycles. The van der Waals surface area contributed by atoms with E-state index in [4.69, 9.17) is 0 Å². The van der Waals surface area contributed by atoms with E-state index >= 15 is 0 Å². The maximum Gasteiger partial charge on any atom is 0.237 e. The number of aromatic nitrogens is 2. The first-order valence-corrected chi connectivity index (χ1v) is 8.85. The van der Waals surface area contributed by atoms with E-state index in [9.17, 15) is 9.59 Å². The predicted molar refractivity (Wildman–Crippen MR) is 94.0 cm³/mol. The molecule has 0 aliphatic rings. The van der Waals surface area contributed by atoms with Gasteiger partial charge in [-0.05, 0) is 26.0 Å². The number of nitrogens with zero attached hydrogens (tertiary/aromatic N) is 2. The highest BCUT2D eigenvalue weighted by atomic mass is 32.2. The Hall–Kier alpha value is -1.93. The van der Waals surface area contributed by atoms with Gasteiger partial charge in [-0.25, -0.2) is 0 Å². The third kappa shape index (κ3) is 5.33. The lowest BCUT2D eigenvalue weighted by molar-refractivity contribution is -0.116. The van der Waals surface area contributed by atoms with Crippen LogP contribution in [0.25, 0.3) is 0 Å². The zero-order chi connectivity index (χ0) is 16.8. The molecule has 0 saturated carbocycles. The molecular weight excluding hydrogens is 332 g/mol. The molecule has 8 heteroatoms. The first-order chi connectivity index (χ1) is 11.0. The van der Waals surface area contributed by atoms with Crippen molar-refractivity contribution in [3.63, 3.8) is 0 Å². The molecule has 0 aliphatic heterocycles. The Balaban J connectivity index is 1.90. The van der Waals surface area contributed by atoms with Gasteiger partial charge in [0.15, 0.2) is 4.34 Å². The third-order valence-corrected chi connectivity index (χ3v) is 4.96. The number of hydrogen-bond donors (Lipinski definition) is 2. The van der Waals surface area contributed by atoms with E-state index in [0.717, 1.165) is 11.3 Å². The van der Waals surface area contributed by atoms with E-state index in [0.29, 0.717) is 15.9 Å². The number of carbonyl (C=O) groups excluding carboxylic acids is 2. The molecule has 2 rings (SSSR count). The van der Waals surface area contributed by atoms with Crippen molar-refractivity contribution >= 4 is 45.7 Å². The number of amides is 2. The van der Waals surface area contributed by atoms with E-state index in [-0.39, 0.29) is 17.1 Å². The normalized spacial score (nSPS) is 11.8. The summed E-state index contributed by atoms with van der Waals surface area (Å²) in [7, 11) is 0. The highest BCUT2D eigenvalue weighted by Gasteiger charge is 2.17. The van der Waals surface area contributed by atoms with Crippen LogP contribution in [0.2, 0.25) is 0 Å². The van der Waals surface area contributed by atoms with E-state index in [1.165, 1.54) is 23.1 Å². The molecule has 0 spiro atoms. The summed E-state index contributed by atoms with van der Waals surface area (Å²) in [5.74, 6) is -0.212. The first kappa shape index (κ1) is 17.4. The number of anilines is 2. The van der Waals surface area contributed by atoms with Crippen LogP contribution in [0.3, 0.4) is 0 Å². The van der Waals surface area contributed by atoms with Crippen molar-refractivity contribution in [1.29, 1.82) is 0 Å². The maximum atomic E-state index is 12.2. The molecule has 2 N–H and O–H groups in total. The smallest absolute Gasteiger partial charge is 0.237 e. The first-order valence-electron chi connectivity index (χ1n) is 7.15. The number of rotatable bonds is 6. The average Bonchev–Trinajstić information content (AvgIpc) is 2.96. The van der Waals surface area contributed by atoms with Gasteiger partial charge >= 0.3 is 0 Å². The van der Waals surface area contributed by atoms with Crippen LogP contribution in [-0.2, 0) is 9.59 Å². The van der Waals surface area contributed by atoms with Gasteiger partial charge in [0.25, 0.3) is 0 Å². The second kappa shape index (κ2) is 8.07. The minimum atomic E-state index is -0.320. The molecule has 122 valence electrons. The Morgan fingerprint density at radius 2 is 1.91 bits per heavy atom. The van der Waals surface area contributed by atoms with Crippen molar-refractivity contribution in [2.45, 2.75) is 36.8 Å². The molecule has 2 aromatic rings. The van der Waals surface area contributed by atoms with Gasteiger partial charge in [-0.2, -0.15) is 0 Å². The van der Waals surface area contributed by atoms with Crippen LogP contribution >= 0.6 is 23.1 Å². The Morgan fingerprint density at radius 1 is 1.22 bits per heavy atom. The van der Waals surface area contributed by atoms with Gasteiger partial charge in [0.1, 0.15) is 0 Å².